The number of nitrogens with one attached hydrogen (secondary N) is 1. The Labute approximate surface area is 207 Å². The zero-order valence-electron chi connectivity index (χ0n) is 19.8. The molecule has 0 saturated heterocycles. The number of halogens is 3. The fraction of sp³-hybridized carbons (Fsp3) is 0.444. The van der Waals surface area contributed by atoms with Gasteiger partial charge in [0.2, 0.25) is 0 Å². The smallest absolute Gasteiger partial charge is 0.406 e. The predicted octanol–water partition coefficient (Wildman–Crippen LogP) is 5.39. The number of carbonyl (C=O) groups excluding carboxylic acids is 1. The summed E-state index contributed by atoms with van der Waals surface area (Å²) in [6.45, 7) is 0. The molecule has 0 aromatic heterocycles. The minimum atomic E-state index is -4.77. The summed E-state index contributed by atoms with van der Waals surface area (Å²) in [5, 5.41) is 0. The second-order valence-corrected chi connectivity index (χ2v) is 10.1. The molecule has 0 bridgehead atoms. The Morgan fingerprint density at radius 1 is 1.03 bits per heavy atom. The molecule has 2 aromatic carbocycles. The number of ether oxygens (including phenoxy) is 1. The van der Waals surface area contributed by atoms with Crippen LogP contribution < -0.4 is 20.9 Å². The molecular formula is C27H29F3N4O2. The SMILES string of the molecule is NNC(=C1CC1)N(C1CC1)C1c2ccccc2N(C(=O)c2ccc(OC(F)(F)F)cc2)C2CCCC21. The first kappa shape index (κ1) is 23.2. The van der Waals surface area contributed by atoms with E-state index in [1.165, 1.54) is 29.8 Å². The van der Waals surface area contributed by atoms with E-state index in [-0.39, 0.29) is 29.7 Å². The van der Waals surface area contributed by atoms with E-state index in [1.807, 2.05) is 23.1 Å². The van der Waals surface area contributed by atoms with E-state index >= 15 is 0 Å². The number of benzene rings is 2. The van der Waals surface area contributed by atoms with E-state index in [0.717, 1.165) is 62.0 Å². The number of hydrazine groups is 1. The number of rotatable bonds is 6. The third-order valence-corrected chi connectivity index (χ3v) is 7.81. The predicted molar refractivity (Wildman–Crippen MR) is 129 cm³/mol. The van der Waals surface area contributed by atoms with Crippen molar-refractivity contribution in [1.82, 2.24) is 10.3 Å². The average molecular weight is 499 g/mol. The normalized spacial score (nSPS) is 24.6. The summed E-state index contributed by atoms with van der Waals surface area (Å²) in [4.78, 5) is 18.2. The molecule has 1 amide bonds. The van der Waals surface area contributed by atoms with Crippen molar-refractivity contribution in [3.8, 4) is 5.75 Å². The standard InChI is InChI=1S/C27H29F3N4O2/c28-27(29,30)36-19-14-10-17(11-15-19)26(35)34-22-6-2-1-4-20(22)24(21-5-3-7-23(21)34)33(18-12-13-18)25(32-31)16-8-9-16/h1-2,4,6,10-11,14-15,18,21,23-24,32H,3,5,7-9,12-13,31H2. The van der Waals surface area contributed by atoms with Gasteiger partial charge in [-0.3, -0.25) is 4.79 Å². The lowest BCUT2D eigenvalue weighted by atomic mass is 9.81. The fourth-order valence-corrected chi connectivity index (χ4v) is 6.14. The highest BCUT2D eigenvalue weighted by Gasteiger charge is 2.51. The van der Waals surface area contributed by atoms with Crippen LogP contribution >= 0.6 is 0 Å². The fourth-order valence-electron chi connectivity index (χ4n) is 6.14. The second kappa shape index (κ2) is 8.73. The molecule has 2 aromatic rings. The molecule has 4 aliphatic rings. The summed E-state index contributed by atoms with van der Waals surface area (Å²) in [5.41, 5.74) is 6.68. The number of fused-ring (bicyclic) bond motifs is 2. The first-order chi connectivity index (χ1) is 17.4. The highest BCUT2D eigenvalue weighted by atomic mass is 19.4. The molecule has 6 rings (SSSR count). The Bertz CT molecular complexity index is 1190. The van der Waals surface area contributed by atoms with E-state index < -0.39 is 6.36 Å². The highest BCUT2D eigenvalue weighted by Crippen LogP contribution is 2.54. The molecular weight excluding hydrogens is 469 g/mol. The molecule has 6 nitrogen and oxygen atoms in total. The molecule has 36 heavy (non-hydrogen) atoms. The van der Waals surface area contributed by atoms with Crippen LogP contribution in [0.25, 0.3) is 0 Å². The Morgan fingerprint density at radius 2 is 1.75 bits per heavy atom. The molecule has 3 N–H and O–H groups in total. The van der Waals surface area contributed by atoms with Gasteiger partial charge in [0.1, 0.15) is 11.6 Å². The molecule has 3 atom stereocenters. The maximum absolute atomic E-state index is 13.8. The lowest BCUT2D eigenvalue weighted by Crippen LogP contribution is -2.52. The summed E-state index contributed by atoms with van der Waals surface area (Å²) >= 11 is 0. The van der Waals surface area contributed by atoms with Crippen LogP contribution in [0, 0.1) is 5.92 Å². The molecule has 9 heteroatoms. The van der Waals surface area contributed by atoms with Gasteiger partial charge in [-0.1, -0.05) is 24.6 Å². The molecule has 0 spiro atoms. The van der Waals surface area contributed by atoms with Gasteiger partial charge in [-0.15, -0.1) is 13.2 Å². The van der Waals surface area contributed by atoms with Gasteiger partial charge in [0, 0.05) is 29.3 Å². The van der Waals surface area contributed by atoms with Crippen LogP contribution in [-0.4, -0.2) is 29.3 Å². The number of amides is 1. The van der Waals surface area contributed by atoms with Crippen LogP contribution in [-0.2, 0) is 0 Å². The number of hydrogen-bond acceptors (Lipinski definition) is 5. The van der Waals surface area contributed by atoms with Crippen molar-refractivity contribution in [3.05, 3.63) is 71.1 Å². The number of carbonyl (C=O) groups is 1. The number of allylic oxidation sites excluding steroid dienone is 1. The minimum Gasteiger partial charge on any atom is -0.406 e. The molecule has 1 heterocycles. The summed E-state index contributed by atoms with van der Waals surface area (Å²) in [6, 6.07) is 13.8. The third kappa shape index (κ3) is 4.19. The van der Waals surface area contributed by atoms with Gasteiger partial charge < -0.3 is 20.0 Å². The van der Waals surface area contributed by atoms with Crippen molar-refractivity contribution in [2.75, 3.05) is 4.90 Å². The first-order valence-corrected chi connectivity index (χ1v) is 12.6. The quantitative estimate of drug-likeness (QED) is 0.413. The van der Waals surface area contributed by atoms with E-state index in [4.69, 9.17) is 5.84 Å². The molecule has 3 fully saturated rings. The van der Waals surface area contributed by atoms with Crippen LogP contribution in [0.4, 0.5) is 18.9 Å². The Hall–Kier alpha value is -3.20. The van der Waals surface area contributed by atoms with Crippen LogP contribution in [0.15, 0.2) is 59.9 Å². The molecule has 3 aliphatic carbocycles. The summed E-state index contributed by atoms with van der Waals surface area (Å²) in [7, 11) is 0. The van der Waals surface area contributed by atoms with Crippen molar-refractivity contribution in [2.45, 2.75) is 69.4 Å². The maximum Gasteiger partial charge on any atom is 0.573 e. The molecule has 3 saturated carbocycles. The van der Waals surface area contributed by atoms with Gasteiger partial charge >= 0.3 is 6.36 Å². The number of anilines is 1. The van der Waals surface area contributed by atoms with Gasteiger partial charge in [0.25, 0.3) is 5.91 Å². The number of hydrogen-bond donors (Lipinski definition) is 2. The van der Waals surface area contributed by atoms with E-state index in [9.17, 15) is 18.0 Å². The minimum absolute atomic E-state index is 0.00739. The van der Waals surface area contributed by atoms with Gasteiger partial charge in [0.05, 0.1) is 6.04 Å². The van der Waals surface area contributed by atoms with Gasteiger partial charge in [-0.05, 0) is 80.0 Å². The molecule has 1 aliphatic heterocycles. The zero-order chi connectivity index (χ0) is 25.0. The van der Waals surface area contributed by atoms with Crippen molar-refractivity contribution < 1.29 is 22.7 Å². The lowest BCUT2D eigenvalue weighted by molar-refractivity contribution is -0.274. The van der Waals surface area contributed by atoms with Gasteiger partial charge in [-0.25, -0.2) is 5.84 Å². The topological polar surface area (TPSA) is 70.8 Å². The second-order valence-electron chi connectivity index (χ2n) is 10.1. The number of nitrogens with zero attached hydrogens (tertiary/aromatic N) is 2. The van der Waals surface area contributed by atoms with Crippen molar-refractivity contribution in [1.29, 1.82) is 0 Å². The third-order valence-electron chi connectivity index (χ3n) is 7.81. The van der Waals surface area contributed by atoms with Crippen molar-refractivity contribution in [2.24, 2.45) is 11.8 Å². The number of alkyl halides is 3. The number of nitrogens with two attached hydrogens (primary N) is 1. The zero-order valence-corrected chi connectivity index (χ0v) is 19.8. The van der Waals surface area contributed by atoms with Crippen molar-refractivity contribution >= 4 is 11.6 Å². The molecule has 3 unspecified atom stereocenters. The average Bonchev–Trinajstić information content (AvgIpc) is 3.79. The Morgan fingerprint density at radius 3 is 2.39 bits per heavy atom. The highest BCUT2D eigenvalue weighted by molar-refractivity contribution is 6.07. The summed E-state index contributed by atoms with van der Waals surface area (Å²) in [5.74, 6) is 6.79. The van der Waals surface area contributed by atoms with E-state index in [0.29, 0.717) is 11.6 Å². The Kier molecular flexibility index (Phi) is 5.63. The van der Waals surface area contributed by atoms with E-state index in [2.05, 4.69) is 21.1 Å². The maximum atomic E-state index is 13.8. The molecule has 190 valence electrons. The van der Waals surface area contributed by atoms with Crippen LogP contribution in [0.3, 0.4) is 0 Å². The Balaban J connectivity index is 1.38. The van der Waals surface area contributed by atoms with Crippen molar-refractivity contribution in [3.63, 3.8) is 0 Å². The lowest BCUT2D eigenvalue weighted by Gasteiger charge is -2.49. The summed E-state index contributed by atoms with van der Waals surface area (Å²) in [6.07, 6.45) is 2.51. The largest absolute Gasteiger partial charge is 0.573 e. The van der Waals surface area contributed by atoms with Crippen LogP contribution in [0.1, 0.15) is 66.9 Å². The van der Waals surface area contributed by atoms with Gasteiger partial charge in [-0.2, -0.15) is 0 Å². The molecule has 0 radical (unpaired) electrons. The first-order valence-electron chi connectivity index (χ1n) is 12.6. The van der Waals surface area contributed by atoms with Crippen LogP contribution in [0.2, 0.25) is 0 Å². The summed E-state index contributed by atoms with van der Waals surface area (Å²) < 4.78 is 41.7. The van der Waals surface area contributed by atoms with Crippen LogP contribution in [0.5, 0.6) is 5.75 Å². The van der Waals surface area contributed by atoms with E-state index in [1.54, 1.807) is 0 Å². The van der Waals surface area contributed by atoms with Gasteiger partial charge in [0.15, 0.2) is 0 Å². The monoisotopic (exact) mass is 498 g/mol. The number of para-hydroxylation sites is 1.